The van der Waals surface area contributed by atoms with Crippen molar-refractivity contribution in [3.8, 4) is 0 Å². The van der Waals surface area contributed by atoms with Crippen molar-refractivity contribution in [1.82, 2.24) is 4.98 Å². The highest BCUT2D eigenvalue weighted by Crippen LogP contribution is 2.34. The number of anilines is 1. The lowest BCUT2D eigenvalue weighted by atomic mass is 10.1. The van der Waals surface area contributed by atoms with E-state index < -0.39 is 11.7 Å². The third kappa shape index (κ3) is 3.63. The summed E-state index contributed by atoms with van der Waals surface area (Å²) in [6, 6.07) is 6.86. The van der Waals surface area contributed by atoms with Crippen molar-refractivity contribution < 1.29 is 13.2 Å². The average Bonchev–Trinajstić information content (AvgIpc) is 2.38. The Bertz CT molecular complexity index is 585. The van der Waals surface area contributed by atoms with Crippen LogP contribution in [0.1, 0.15) is 24.1 Å². The number of alkyl halides is 3. The van der Waals surface area contributed by atoms with Crippen molar-refractivity contribution in [2.24, 2.45) is 0 Å². The summed E-state index contributed by atoms with van der Waals surface area (Å²) in [5.41, 5.74) is 0.483. The van der Waals surface area contributed by atoms with Crippen LogP contribution in [0, 0.1) is 0 Å². The van der Waals surface area contributed by atoms with Crippen LogP contribution in [-0.2, 0) is 6.18 Å². The Kier molecular flexibility index (Phi) is 4.18. The smallest absolute Gasteiger partial charge is 0.378 e. The van der Waals surface area contributed by atoms with Crippen LogP contribution >= 0.6 is 11.6 Å². The second-order valence-corrected chi connectivity index (χ2v) is 4.81. The van der Waals surface area contributed by atoms with E-state index in [1.165, 1.54) is 6.07 Å². The van der Waals surface area contributed by atoms with Gasteiger partial charge in [0.1, 0.15) is 0 Å². The molecule has 2 rings (SSSR count). The molecule has 1 aromatic heterocycles. The van der Waals surface area contributed by atoms with Crippen LogP contribution in [0.3, 0.4) is 0 Å². The Morgan fingerprint density at radius 1 is 1.15 bits per heavy atom. The molecule has 1 atom stereocenters. The standard InChI is InChI=1S/C14H12ClF3N2/c1-9(10-2-4-19-5-3-10)20-13-7-11(14(16,17)18)6-12(15)8-13/h2-9,20H,1H3. The van der Waals surface area contributed by atoms with E-state index in [-0.39, 0.29) is 11.1 Å². The van der Waals surface area contributed by atoms with Gasteiger partial charge in [0.15, 0.2) is 0 Å². The molecule has 1 aromatic carbocycles. The number of rotatable bonds is 3. The number of hydrogen-bond donors (Lipinski definition) is 1. The molecule has 0 fully saturated rings. The van der Waals surface area contributed by atoms with Crippen LogP contribution in [0.4, 0.5) is 18.9 Å². The van der Waals surface area contributed by atoms with Gasteiger partial charge in [0, 0.05) is 29.1 Å². The summed E-state index contributed by atoms with van der Waals surface area (Å²) < 4.78 is 38.1. The third-order valence-electron chi connectivity index (χ3n) is 2.81. The monoisotopic (exact) mass is 300 g/mol. The van der Waals surface area contributed by atoms with E-state index >= 15 is 0 Å². The SMILES string of the molecule is CC(Nc1cc(Cl)cc(C(F)(F)F)c1)c1ccncc1. The summed E-state index contributed by atoms with van der Waals surface area (Å²) in [5.74, 6) is 0. The number of aromatic nitrogens is 1. The van der Waals surface area contributed by atoms with Crippen LogP contribution < -0.4 is 5.32 Å². The molecule has 0 bridgehead atoms. The minimum atomic E-state index is -4.42. The van der Waals surface area contributed by atoms with E-state index in [2.05, 4.69) is 10.3 Å². The van der Waals surface area contributed by atoms with Crippen molar-refractivity contribution in [2.45, 2.75) is 19.1 Å². The summed E-state index contributed by atoms with van der Waals surface area (Å²) in [5, 5.41) is 3.04. The van der Waals surface area contributed by atoms with E-state index in [4.69, 9.17) is 11.6 Å². The highest BCUT2D eigenvalue weighted by molar-refractivity contribution is 6.30. The molecular weight excluding hydrogens is 289 g/mol. The fraction of sp³-hybridized carbons (Fsp3) is 0.214. The minimum absolute atomic E-state index is 0.0456. The highest BCUT2D eigenvalue weighted by atomic mass is 35.5. The van der Waals surface area contributed by atoms with Crippen molar-refractivity contribution in [2.75, 3.05) is 5.32 Å². The maximum Gasteiger partial charge on any atom is 0.416 e. The molecule has 0 aliphatic carbocycles. The van der Waals surface area contributed by atoms with Gasteiger partial charge in [0.05, 0.1) is 5.56 Å². The molecule has 0 spiro atoms. The molecule has 20 heavy (non-hydrogen) atoms. The average molecular weight is 301 g/mol. The molecule has 0 saturated heterocycles. The Balaban J connectivity index is 2.24. The van der Waals surface area contributed by atoms with Crippen molar-refractivity contribution in [3.05, 3.63) is 58.9 Å². The van der Waals surface area contributed by atoms with E-state index in [0.717, 1.165) is 17.7 Å². The van der Waals surface area contributed by atoms with Gasteiger partial charge in [-0.2, -0.15) is 13.2 Å². The molecule has 0 saturated carbocycles. The van der Waals surface area contributed by atoms with E-state index in [1.54, 1.807) is 24.5 Å². The van der Waals surface area contributed by atoms with Crippen LogP contribution in [0.2, 0.25) is 5.02 Å². The predicted octanol–water partition coefficient (Wildman–Crippen LogP) is 4.93. The molecule has 1 N–H and O–H groups in total. The summed E-state index contributed by atoms with van der Waals surface area (Å²) in [7, 11) is 0. The van der Waals surface area contributed by atoms with Gasteiger partial charge < -0.3 is 5.32 Å². The van der Waals surface area contributed by atoms with Gasteiger partial charge in [-0.25, -0.2) is 0 Å². The lowest BCUT2D eigenvalue weighted by molar-refractivity contribution is -0.137. The van der Waals surface area contributed by atoms with Crippen LogP contribution in [0.25, 0.3) is 0 Å². The second kappa shape index (κ2) is 5.71. The van der Waals surface area contributed by atoms with Crippen molar-refractivity contribution >= 4 is 17.3 Å². The molecule has 6 heteroatoms. The number of halogens is 4. The molecule has 0 amide bonds. The Hall–Kier alpha value is -1.75. The molecule has 106 valence electrons. The highest BCUT2D eigenvalue weighted by Gasteiger charge is 2.31. The molecule has 0 aliphatic heterocycles. The summed E-state index contributed by atoms with van der Waals surface area (Å²) in [6.45, 7) is 1.85. The third-order valence-corrected chi connectivity index (χ3v) is 3.03. The maximum absolute atomic E-state index is 12.7. The van der Waals surface area contributed by atoms with E-state index in [1.807, 2.05) is 6.92 Å². The topological polar surface area (TPSA) is 24.9 Å². The van der Waals surface area contributed by atoms with E-state index in [0.29, 0.717) is 5.69 Å². The predicted molar refractivity (Wildman–Crippen MR) is 72.7 cm³/mol. The zero-order valence-corrected chi connectivity index (χ0v) is 11.3. The first-order chi connectivity index (χ1) is 9.36. The molecule has 0 aliphatic rings. The van der Waals surface area contributed by atoms with E-state index in [9.17, 15) is 13.2 Å². The molecule has 1 unspecified atom stereocenters. The summed E-state index contributed by atoms with van der Waals surface area (Å²) in [4.78, 5) is 3.90. The molecule has 2 aromatic rings. The fourth-order valence-corrected chi connectivity index (χ4v) is 2.06. The Labute approximate surface area is 119 Å². The second-order valence-electron chi connectivity index (χ2n) is 4.37. The quantitative estimate of drug-likeness (QED) is 0.869. The van der Waals surface area contributed by atoms with Gasteiger partial charge >= 0.3 is 6.18 Å². The number of nitrogens with one attached hydrogen (secondary N) is 1. The first-order valence-electron chi connectivity index (χ1n) is 5.90. The first-order valence-corrected chi connectivity index (χ1v) is 6.28. The van der Waals surface area contributed by atoms with Crippen LogP contribution in [0.15, 0.2) is 42.7 Å². The first kappa shape index (κ1) is 14.7. The van der Waals surface area contributed by atoms with Gasteiger partial charge in [0.2, 0.25) is 0 Å². The van der Waals surface area contributed by atoms with Gasteiger partial charge in [-0.1, -0.05) is 11.6 Å². The largest absolute Gasteiger partial charge is 0.416 e. The Morgan fingerprint density at radius 3 is 2.40 bits per heavy atom. The normalized spacial score (nSPS) is 13.1. The lowest BCUT2D eigenvalue weighted by Gasteiger charge is -2.17. The molecule has 2 nitrogen and oxygen atoms in total. The zero-order chi connectivity index (χ0) is 14.8. The summed E-state index contributed by atoms with van der Waals surface area (Å²) >= 11 is 5.74. The number of nitrogens with zero attached hydrogens (tertiary/aromatic N) is 1. The number of pyridine rings is 1. The fourth-order valence-electron chi connectivity index (χ4n) is 1.82. The van der Waals surface area contributed by atoms with Gasteiger partial charge in [0.25, 0.3) is 0 Å². The minimum Gasteiger partial charge on any atom is -0.378 e. The van der Waals surface area contributed by atoms with Crippen molar-refractivity contribution in [1.29, 1.82) is 0 Å². The number of hydrogen-bond acceptors (Lipinski definition) is 2. The molecule has 0 radical (unpaired) electrons. The van der Waals surface area contributed by atoms with Gasteiger partial charge in [-0.05, 0) is 42.8 Å². The Morgan fingerprint density at radius 2 is 1.80 bits per heavy atom. The molecular formula is C14H12ClF3N2. The van der Waals surface area contributed by atoms with Crippen molar-refractivity contribution in [3.63, 3.8) is 0 Å². The van der Waals surface area contributed by atoms with Gasteiger partial charge in [-0.3, -0.25) is 4.98 Å². The number of benzene rings is 1. The lowest BCUT2D eigenvalue weighted by Crippen LogP contribution is -2.09. The summed E-state index contributed by atoms with van der Waals surface area (Å²) in [6.07, 6.45) is -1.15. The maximum atomic E-state index is 12.7. The van der Waals surface area contributed by atoms with Crippen LogP contribution in [-0.4, -0.2) is 4.98 Å². The molecule has 1 heterocycles. The van der Waals surface area contributed by atoms with Gasteiger partial charge in [-0.15, -0.1) is 0 Å². The van der Waals surface area contributed by atoms with Crippen LogP contribution in [0.5, 0.6) is 0 Å². The zero-order valence-electron chi connectivity index (χ0n) is 10.6.